The Morgan fingerprint density at radius 2 is 1.89 bits per heavy atom. The minimum absolute atomic E-state index is 0. The number of ether oxygens (including phenoxy) is 1. The van der Waals surface area contributed by atoms with Crippen molar-refractivity contribution in [3.05, 3.63) is 54.1 Å². The highest BCUT2D eigenvalue weighted by Gasteiger charge is 2.06. The lowest BCUT2D eigenvalue weighted by Gasteiger charge is -2.23. The number of para-hydroxylation sites is 1. The number of methoxy groups -OCH3 is 1. The van der Waals surface area contributed by atoms with Crippen LogP contribution in [0.25, 0.3) is 0 Å². The normalized spacial score (nSPS) is 10.8. The molecule has 6 nitrogen and oxygen atoms in total. The molecule has 0 spiro atoms. The number of nitrogens with zero attached hydrogens (tertiary/aromatic N) is 2. The Morgan fingerprint density at radius 1 is 1.14 bits per heavy atom. The van der Waals surface area contributed by atoms with E-state index in [1.54, 1.807) is 26.3 Å². The van der Waals surface area contributed by atoms with E-state index in [9.17, 15) is 5.11 Å². The van der Waals surface area contributed by atoms with E-state index < -0.39 is 0 Å². The van der Waals surface area contributed by atoms with Crippen molar-refractivity contribution in [1.29, 1.82) is 0 Å². The topological polar surface area (TPSA) is 69.1 Å². The second-order valence-electron chi connectivity index (χ2n) is 6.12. The first-order chi connectivity index (χ1) is 13.2. The summed E-state index contributed by atoms with van der Waals surface area (Å²) in [5, 5.41) is 16.5. The van der Waals surface area contributed by atoms with Gasteiger partial charge in [-0.15, -0.1) is 24.0 Å². The van der Waals surface area contributed by atoms with Gasteiger partial charge in [0.05, 0.1) is 7.11 Å². The van der Waals surface area contributed by atoms with Gasteiger partial charge in [-0.1, -0.05) is 18.2 Å². The number of hydrogen-bond acceptors (Lipinski definition) is 4. The van der Waals surface area contributed by atoms with Crippen molar-refractivity contribution in [3.63, 3.8) is 0 Å². The molecular weight excluding hydrogens is 467 g/mol. The fraction of sp³-hybridized carbons (Fsp3) is 0.381. The molecule has 154 valence electrons. The van der Waals surface area contributed by atoms with Gasteiger partial charge in [0.2, 0.25) is 0 Å². The summed E-state index contributed by atoms with van der Waals surface area (Å²) in [6.07, 6.45) is 0.994. The van der Waals surface area contributed by atoms with Gasteiger partial charge in [-0.3, -0.25) is 4.99 Å². The Kier molecular flexibility index (Phi) is 11.2. The average molecular weight is 498 g/mol. The lowest BCUT2D eigenvalue weighted by molar-refractivity contribution is 0.410. The molecule has 2 rings (SSSR count). The molecule has 3 N–H and O–H groups in total. The first kappa shape index (κ1) is 23.9. The third-order valence-electron chi connectivity index (χ3n) is 4.36. The Hall–Kier alpha value is -2.16. The Labute approximate surface area is 185 Å². The molecule has 0 aliphatic carbocycles. The van der Waals surface area contributed by atoms with Gasteiger partial charge in [0, 0.05) is 44.5 Å². The standard InChI is InChI=1S/C21H30N4O2.HI/c1-4-25(18-9-6-5-7-10-18)14-8-13-23-21(22-2)24-16-17-15-19(27-3)11-12-20(17)26;/h5-7,9-12,15,26H,4,8,13-14,16H2,1-3H3,(H2,22,23,24);1H. The molecule has 0 saturated carbocycles. The van der Waals surface area contributed by atoms with Crippen LogP contribution in [0.5, 0.6) is 11.5 Å². The number of guanidine groups is 1. The number of nitrogens with one attached hydrogen (secondary N) is 2. The van der Waals surface area contributed by atoms with E-state index in [0.29, 0.717) is 18.3 Å². The largest absolute Gasteiger partial charge is 0.508 e. The van der Waals surface area contributed by atoms with Gasteiger partial charge >= 0.3 is 0 Å². The van der Waals surface area contributed by atoms with Crippen molar-refractivity contribution in [3.8, 4) is 11.5 Å². The minimum Gasteiger partial charge on any atom is -0.508 e. The quantitative estimate of drug-likeness (QED) is 0.213. The number of aliphatic imine (C=N–C) groups is 1. The van der Waals surface area contributed by atoms with Gasteiger partial charge in [0.15, 0.2) is 5.96 Å². The number of benzene rings is 2. The summed E-state index contributed by atoms with van der Waals surface area (Å²) in [6, 6.07) is 15.6. The van der Waals surface area contributed by atoms with Crippen LogP contribution in [0.15, 0.2) is 53.5 Å². The van der Waals surface area contributed by atoms with Crippen LogP contribution in [0.4, 0.5) is 5.69 Å². The van der Waals surface area contributed by atoms with E-state index in [1.807, 2.05) is 12.1 Å². The zero-order valence-electron chi connectivity index (χ0n) is 16.8. The molecule has 0 bridgehead atoms. The number of phenols is 1. The molecule has 7 heteroatoms. The Balaban J connectivity index is 0.00000392. The zero-order valence-corrected chi connectivity index (χ0v) is 19.1. The van der Waals surface area contributed by atoms with Crippen molar-refractivity contribution in [1.82, 2.24) is 10.6 Å². The highest BCUT2D eigenvalue weighted by Crippen LogP contribution is 2.22. The first-order valence-electron chi connectivity index (χ1n) is 9.28. The van der Waals surface area contributed by atoms with E-state index in [4.69, 9.17) is 4.74 Å². The molecule has 2 aromatic carbocycles. The lowest BCUT2D eigenvalue weighted by Crippen LogP contribution is -2.38. The van der Waals surface area contributed by atoms with Gasteiger partial charge in [-0.2, -0.15) is 0 Å². The van der Waals surface area contributed by atoms with Gasteiger partial charge in [-0.25, -0.2) is 0 Å². The van der Waals surface area contributed by atoms with Gasteiger partial charge in [0.25, 0.3) is 0 Å². The fourth-order valence-electron chi connectivity index (χ4n) is 2.82. The summed E-state index contributed by atoms with van der Waals surface area (Å²) in [5.74, 6) is 1.66. The maximum atomic E-state index is 9.97. The van der Waals surface area contributed by atoms with Gasteiger partial charge < -0.3 is 25.4 Å². The van der Waals surface area contributed by atoms with Crippen LogP contribution in [-0.4, -0.2) is 44.9 Å². The second-order valence-corrected chi connectivity index (χ2v) is 6.12. The summed E-state index contributed by atoms with van der Waals surface area (Å²) in [5.41, 5.74) is 2.01. The second kappa shape index (κ2) is 13.1. The Bertz CT molecular complexity index is 726. The Morgan fingerprint density at radius 3 is 2.54 bits per heavy atom. The van der Waals surface area contributed by atoms with E-state index in [-0.39, 0.29) is 29.7 Å². The number of halogens is 1. The van der Waals surface area contributed by atoms with Gasteiger partial charge in [-0.05, 0) is 43.7 Å². The molecule has 0 heterocycles. The van der Waals surface area contributed by atoms with E-state index in [1.165, 1.54) is 5.69 Å². The van der Waals surface area contributed by atoms with Crippen molar-refractivity contribution in [2.75, 3.05) is 38.7 Å². The first-order valence-corrected chi connectivity index (χ1v) is 9.28. The molecule has 2 aromatic rings. The summed E-state index contributed by atoms with van der Waals surface area (Å²) >= 11 is 0. The predicted octanol–water partition coefficient (Wildman–Crippen LogP) is 3.60. The molecular formula is C21H31IN4O2. The zero-order chi connectivity index (χ0) is 19.5. The van der Waals surface area contributed by atoms with E-state index in [2.05, 4.69) is 51.7 Å². The summed E-state index contributed by atoms with van der Waals surface area (Å²) < 4.78 is 5.20. The van der Waals surface area contributed by atoms with Crippen LogP contribution in [0.3, 0.4) is 0 Å². The highest BCUT2D eigenvalue weighted by molar-refractivity contribution is 14.0. The number of aromatic hydroxyl groups is 1. The number of anilines is 1. The highest BCUT2D eigenvalue weighted by atomic mass is 127. The maximum absolute atomic E-state index is 9.97. The number of rotatable bonds is 9. The van der Waals surface area contributed by atoms with Crippen molar-refractivity contribution in [2.45, 2.75) is 19.9 Å². The van der Waals surface area contributed by atoms with Crippen LogP contribution >= 0.6 is 24.0 Å². The summed E-state index contributed by atoms with van der Waals surface area (Å²) in [6.45, 7) is 5.40. The maximum Gasteiger partial charge on any atom is 0.191 e. The van der Waals surface area contributed by atoms with Crippen LogP contribution in [-0.2, 0) is 6.54 Å². The molecule has 0 saturated heterocycles. The molecule has 0 aliphatic rings. The van der Waals surface area contributed by atoms with Crippen molar-refractivity contribution in [2.24, 2.45) is 4.99 Å². The molecule has 0 aromatic heterocycles. The van der Waals surface area contributed by atoms with Gasteiger partial charge in [0.1, 0.15) is 11.5 Å². The third kappa shape index (κ3) is 7.46. The number of phenolic OH excluding ortho intramolecular Hbond substituents is 1. The summed E-state index contributed by atoms with van der Waals surface area (Å²) in [7, 11) is 3.35. The smallest absolute Gasteiger partial charge is 0.191 e. The van der Waals surface area contributed by atoms with E-state index >= 15 is 0 Å². The monoisotopic (exact) mass is 498 g/mol. The fourth-order valence-corrected chi connectivity index (χ4v) is 2.82. The molecule has 0 unspecified atom stereocenters. The third-order valence-corrected chi connectivity index (χ3v) is 4.36. The number of hydrogen-bond donors (Lipinski definition) is 3. The average Bonchev–Trinajstić information content (AvgIpc) is 2.72. The van der Waals surface area contributed by atoms with E-state index in [0.717, 1.165) is 31.6 Å². The molecule has 0 amide bonds. The molecule has 28 heavy (non-hydrogen) atoms. The molecule has 0 fully saturated rings. The summed E-state index contributed by atoms with van der Waals surface area (Å²) in [4.78, 5) is 6.59. The van der Waals surface area contributed by atoms with Crippen molar-refractivity contribution < 1.29 is 9.84 Å². The lowest BCUT2D eigenvalue weighted by atomic mass is 10.2. The van der Waals surface area contributed by atoms with Crippen molar-refractivity contribution >= 4 is 35.6 Å². The molecule has 0 atom stereocenters. The van der Waals surface area contributed by atoms with Crippen LogP contribution in [0.1, 0.15) is 18.9 Å². The van der Waals surface area contributed by atoms with Crippen LogP contribution < -0.4 is 20.3 Å². The van der Waals surface area contributed by atoms with Crippen LogP contribution in [0, 0.1) is 0 Å². The SMILES string of the molecule is CCN(CCCNC(=NC)NCc1cc(OC)ccc1O)c1ccccc1.I. The minimum atomic E-state index is 0. The molecule has 0 radical (unpaired) electrons. The predicted molar refractivity (Wildman–Crippen MR) is 127 cm³/mol. The van der Waals surface area contributed by atoms with Crippen LogP contribution in [0.2, 0.25) is 0 Å². The molecule has 0 aliphatic heterocycles.